The van der Waals surface area contributed by atoms with E-state index in [0.29, 0.717) is 12.0 Å². The van der Waals surface area contributed by atoms with Crippen LogP contribution in [0.4, 0.5) is 8.78 Å². The van der Waals surface area contributed by atoms with Gasteiger partial charge < -0.3 is 5.73 Å². The minimum absolute atomic E-state index is 0.0219. The molecule has 16 heavy (non-hydrogen) atoms. The van der Waals surface area contributed by atoms with Gasteiger partial charge in [0.25, 0.3) is 0 Å². The normalized spacial score (nSPS) is 29.6. The first kappa shape index (κ1) is 11.5. The largest absolute Gasteiger partial charge is 0.328 e. The Balaban J connectivity index is 2.18. The summed E-state index contributed by atoms with van der Waals surface area (Å²) in [6, 6.07) is 4.59. The lowest BCUT2D eigenvalue weighted by atomic mass is 9.82. The fourth-order valence-electron chi connectivity index (χ4n) is 2.68. The third kappa shape index (κ3) is 2.24. The molecule has 2 unspecified atom stereocenters. The summed E-state index contributed by atoms with van der Waals surface area (Å²) in [4.78, 5) is 0. The highest BCUT2D eigenvalue weighted by Crippen LogP contribution is 2.40. The van der Waals surface area contributed by atoms with Gasteiger partial charge in [0.15, 0.2) is 11.6 Å². The van der Waals surface area contributed by atoms with Gasteiger partial charge in [0, 0.05) is 6.04 Å². The van der Waals surface area contributed by atoms with Gasteiger partial charge in [-0.1, -0.05) is 19.1 Å². The maximum Gasteiger partial charge on any atom is 0.162 e. The molecule has 3 heteroatoms. The lowest BCUT2D eigenvalue weighted by molar-refractivity contribution is 0.322. The third-order valence-corrected chi connectivity index (χ3v) is 3.52. The highest BCUT2D eigenvalue weighted by molar-refractivity contribution is 5.20. The Labute approximate surface area is 94.7 Å². The summed E-state index contributed by atoms with van der Waals surface area (Å²) in [5.41, 5.74) is 6.36. The minimum Gasteiger partial charge on any atom is -0.328 e. The number of nitrogens with two attached hydrogens (primary N) is 1. The zero-order valence-electron chi connectivity index (χ0n) is 9.47. The maximum atomic E-state index is 13.5. The monoisotopic (exact) mass is 225 g/mol. The summed E-state index contributed by atoms with van der Waals surface area (Å²) in [5.74, 6) is -1.47. The van der Waals surface area contributed by atoms with E-state index >= 15 is 0 Å². The van der Waals surface area contributed by atoms with E-state index in [1.807, 2.05) is 0 Å². The van der Waals surface area contributed by atoms with E-state index in [1.54, 1.807) is 12.1 Å². The Morgan fingerprint density at radius 3 is 2.81 bits per heavy atom. The number of halogens is 2. The van der Waals surface area contributed by atoms with Gasteiger partial charge in [-0.2, -0.15) is 0 Å². The highest BCUT2D eigenvalue weighted by Gasteiger charge is 2.34. The Bertz CT molecular complexity index is 392. The molecule has 1 aromatic rings. The Morgan fingerprint density at radius 2 is 2.19 bits per heavy atom. The molecule has 2 atom stereocenters. The average Bonchev–Trinajstić information content (AvgIpc) is 2.54. The second-order valence-corrected chi connectivity index (χ2v) is 5.20. The topological polar surface area (TPSA) is 26.0 Å². The molecule has 0 bridgehead atoms. The summed E-state index contributed by atoms with van der Waals surface area (Å²) in [6.45, 7) is 2.10. The zero-order chi connectivity index (χ0) is 11.8. The maximum absolute atomic E-state index is 13.5. The molecule has 0 heterocycles. The van der Waals surface area contributed by atoms with Crippen molar-refractivity contribution in [2.45, 2.75) is 38.6 Å². The first-order valence-electron chi connectivity index (χ1n) is 5.69. The van der Waals surface area contributed by atoms with Gasteiger partial charge in [0.2, 0.25) is 0 Å². The molecule has 1 fully saturated rings. The number of hydrogen-bond donors (Lipinski definition) is 1. The van der Waals surface area contributed by atoms with Crippen molar-refractivity contribution in [3.8, 4) is 0 Å². The number of benzene rings is 1. The van der Waals surface area contributed by atoms with Gasteiger partial charge in [-0.05, 0) is 42.7 Å². The molecule has 0 spiro atoms. The van der Waals surface area contributed by atoms with Crippen molar-refractivity contribution in [2.24, 2.45) is 11.1 Å². The van der Waals surface area contributed by atoms with Crippen LogP contribution in [0.25, 0.3) is 0 Å². The molecule has 0 aliphatic heterocycles. The van der Waals surface area contributed by atoms with Gasteiger partial charge in [-0.15, -0.1) is 0 Å². The van der Waals surface area contributed by atoms with Gasteiger partial charge >= 0.3 is 0 Å². The van der Waals surface area contributed by atoms with Crippen molar-refractivity contribution in [3.63, 3.8) is 0 Å². The van der Waals surface area contributed by atoms with Gasteiger partial charge in [-0.25, -0.2) is 8.78 Å². The summed E-state index contributed by atoms with van der Waals surface area (Å²) < 4.78 is 26.6. The van der Waals surface area contributed by atoms with E-state index in [4.69, 9.17) is 5.73 Å². The molecule has 1 aromatic carbocycles. The van der Waals surface area contributed by atoms with Crippen LogP contribution in [0.15, 0.2) is 18.2 Å². The molecule has 88 valence electrons. The van der Waals surface area contributed by atoms with E-state index < -0.39 is 11.6 Å². The molecule has 2 rings (SSSR count). The first-order chi connectivity index (χ1) is 7.50. The molecule has 0 aromatic heterocycles. The Hall–Kier alpha value is -0.960. The molecule has 0 radical (unpaired) electrons. The van der Waals surface area contributed by atoms with E-state index in [0.717, 1.165) is 25.3 Å². The lowest BCUT2D eigenvalue weighted by Crippen LogP contribution is -2.21. The van der Waals surface area contributed by atoms with Gasteiger partial charge in [-0.3, -0.25) is 0 Å². The van der Waals surface area contributed by atoms with E-state index in [-0.39, 0.29) is 11.5 Å². The molecule has 1 aliphatic rings. The van der Waals surface area contributed by atoms with Gasteiger partial charge in [0.05, 0.1) is 0 Å². The Morgan fingerprint density at radius 1 is 1.44 bits per heavy atom. The SMILES string of the molecule is CC1(Cc2cccc(F)c2F)CCC(N)C1. The molecular formula is C13H17F2N. The summed E-state index contributed by atoms with van der Waals surface area (Å²) in [7, 11) is 0. The summed E-state index contributed by atoms with van der Waals surface area (Å²) >= 11 is 0. The van der Waals surface area contributed by atoms with Crippen LogP contribution in [0.5, 0.6) is 0 Å². The number of rotatable bonds is 2. The van der Waals surface area contributed by atoms with Crippen LogP contribution in [0, 0.1) is 17.0 Å². The molecule has 1 saturated carbocycles. The second kappa shape index (κ2) is 4.13. The zero-order valence-corrected chi connectivity index (χ0v) is 9.47. The molecule has 1 aliphatic carbocycles. The second-order valence-electron chi connectivity index (χ2n) is 5.20. The molecular weight excluding hydrogens is 208 g/mol. The van der Waals surface area contributed by atoms with Crippen molar-refractivity contribution in [3.05, 3.63) is 35.4 Å². The first-order valence-corrected chi connectivity index (χ1v) is 5.69. The standard InChI is InChI=1S/C13H17F2N/c1-13(6-5-10(16)8-13)7-9-3-2-4-11(14)12(9)15/h2-4,10H,5-8,16H2,1H3. The number of hydrogen-bond acceptors (Lipinski definition) is 1. The summed E-state index contributed by atoms with van der Waals surface area (Å²) in [5, 5.41) is 0. The molecule has 0 saturated heterocycles. The highest BCUT2D eigenvalue weighted by atomic mass is 19.2. The van der Waals surface area contributed by atoms with Crippen LogP contribution in [-0.4, -0.2) is 6.04 Å². The van der Waals surface area contributed by atoms with Crippen LogP contribution in [0.1, 0.15) is 31.7 Å². The van der Waals surface area contributed by atoms with Crippen molar-refractivity contribution in [1.29, 1.82) is 0 Å². The quantitative estimate of drug-likeness (QED) is 0.822. The van der Waals surface area contributed by atoms with Crippen LogP contribution < -0.4 is 5.73 Å². The van der Waals surface area contributed by atoms with E-state index in [1.165, 1.54) is 0 Å². The van der Waals surface area contributed by atoms with Crippen LogP contribution >= 0.6 is 0 Å². The van der Waals surface area contributed by atoms with Gasteiger partial charge in [0.1, 0.15) is 0 Å². The smallest absolute Gasteiger partial charge is 0.162 e. The van der Waals surface area contributed by atoms with Crippen LogP contribution in [-0.2, 0) is 6.42 Å². The lowest BCUT2D eigenvalue weighted by Gasteiger charge is -2.24. The fraction of sp³-hybridized carbons (Fsp3) is 0.538. The predicted molar refractivity (Wildman–Crippen MR) is 60.0 cm³/mol. The van der Waals surface area contributed by atoms with Crippen molar-refractivity contribution >= 4 is 0 Å². The van der Waals surface area contributed by atoms with Crippen molar-refractivity contribution < 1.29 is 8.78 Å². The molecule has 0 amide bonds. The Kier molecular flexibility index (Phi) is 2.98. The average molecular weight is 225 g/mol. The minimum atomic E-state index is -0.761. The van der Waals surface area contributed by atoms with E-state index in [2.05, 4.69) is 6.92 Å². The summed E-state index contributed by atoms with van der Waals surface area (Å²) in [6.07, 6.45) is 3.44. The van der Waals surface area contributed by atoms with Crippen molar-refractivity contribution in [1.82, 2.24) is 0 Å². The fourth-order valence-corrected chi connectivity index (χ4v) is 2.68. The van der Waals surface area contributed by atoms with Crippen LogP contribution in [0.3, 0.4) is 0 Å². The molecule has 2 N–H and O–H groups in total. The van der Waals surface area contributed by atoms with Crippen molar-refractivity contribution in [2.75, 3.05) is 0 Å². The van der Waals surface area contributed by atoms with E-state index in [9.17, 15) is 8.78 Å². The van der Waals surface area contributed by atoms with Crippen LogP contribution in [0.2, 0.25) is 0 Å². The third-order valence-electron chi connectivity index (χ3n) is 3.52. The predicted octanol–water partition coefficient (Wildman–Crippen LogP) is 3.02. The molecule has 1 nitrogen and oxygen atoms in total.